The quantitative estimate of drug-likeness (QED) is 0.462. The van der Waals surface area contributed by atoms with Crippen molar-refractivity contribution in [1.82, 2.24) is 0 Å². The minimum Gasteiger partial charge on any atom is -0.0955 e. The van der Waals surface area contributed by atoms with E-state index in [1.165, 1.54) is 44.2 Å². The van der Waals surface area contributed by atoms with Gasteiger partial charge in [-0.25, -0.2) is 0 Å². The van der Waals surface area contributed by atoms with Crippen LogP contribution in [0.5, 0.6) is 0 Å². The first-order valence-electron chi connectivity index (χ1n) is 9.28. The van der Waals surface area contributed by atoms with Gasteiger partial charge in [-0.05, 0) is 65.3 Å². The molecule has 1 aliphatic carbocycles. The van der Waals surface area contributed by atoms with Gasteiger partial charge in [0.2, 0.25) is 0 Å². The van der Waals surface area contributed by atoms with Gasteiger partial charge in [-0.2, -0.15) is 0 Å². The predicted molar refractivity (Wildman–Crippen MR) is 114 cm³/mol. The van der Waals surface area contributed by atoms with Gasteiger partial charge in [-0.3, -0.25) is 0 Å². The van der Waals surface area contributed by atoms with Crippen LogP contribution < -0.4 is 0 Å². The molecule has 1 aliphatic rings. The lowest BCUT2D eigenvalue weighted by atomic mass is 9.86. The van der Waals surface area contributed by atoms with Crippen LogP contribution in [-0.4, -0.2) is 0 Å². The van der Waals surface area contributed by atoms with E-state index in [0.717, 1.165) is 18.4 Å². The van der Waals surface area contributed by atoms with Gasteiger partial charge in [-0.1, -0.05) is 90.5 Å². The Labute approximate surface area is 156 Å². The van der Waals surface area contributed by atoms with Crippen molar-refractivity contribution in [2.75, 3.05) is 0 Å². The topological polar surface area (TPSA) is 0 Å². The van der Waals surface area contributed by atoms with Crippen molar-refractivity contribution >= 4 is 16.3 Å². The van der Waals surface area contributed by atoms with Gasteiger partial charge in [0.1, 0.15) is 0 Å². The minimum atomic E-state index is 1.11. The lowest BCUT2D eigenvalue weighted by Crippen LogP contribution is -1.98. The van der Waals surface area contributed by atoms with Crippen LogP contribution in [0.25, 0.3) is 27.5 Å². The van der Waals surface area contributed by atoms with Crippen LogP contribution in [0.1, 0.15) is 32.3 Å². The van der Waals surface area contributed by atoms with Gasteiger partial charge in [0.05, 0.1) is 0 Å². The SMILES string of the molecule is C=C(C)C1=C(C)CCC(c2ccc(-c3cccc4ccccc34)cc2)=C1. The van der Waals surface area contributed by atoms with E-state index in [9.17, 15) is 0 Å². The highest BCUT2D eigenvalue weighted by atomic mass is 14.2. The molecular formula is C26H24. The highest BCUT2D eigenvalue weighted by Crippen LogP contribution is 2.34. The normalized spacial score (nSPS) is 14.5. The fourth-order valence-corrected chi connectivity index (χ4v) is 3.88. The zero-order valence-corrected chi connectivity index (χ0v) is 15.5. The van der Waals surface area contributed by atoms with E-state index in [4.69, 9.17) is 0 Å². The molecule has 0 bridgehead atoms. The summed E-state index contributed by atoms with van der Waals surface area (Å²) in [5.41, 5.74) is 9.24. The molecule has 0 aromatic heterocycles. The largest absolute Gasteiger partial charge is 0.0955 e. The third-order valence-electron chi connectivity index (χ3n) is 5.36. The van der Waals surface area contributed by atoms with Crippen LogP contribution in [0.15, 0.2) is 96.1 Å². The van der Waals surface area contributed by atoms with Crippen LogP contribution in [0, 0.1) is 0 Å². The van der Waals surface area contributed by atoms with Crippen LogP contribution in [-0.2, 0) is 0 Å². The lowest BCUT2D eigenvalue weighted by molar-refractivity contribution is 0.957. The molecule has 0 radical (unpaired) electrons. The molecule has 4 rings (SSSR count). The standard InChI is InChI=1S/C26H24/c1-18(2)26-17-23(12-11-19(26)3)20-13-15-22(16-14-20)25-10-6-8-21-7-4-5-9-24(21)25/h4-10,13-17H,1,11-12H2,2-3H3. The first-order chi connectivity index (χ1) is 12.6. The van der Waals surface area contributed by atoms with Gasteiger partial charge in [0.15, 0.2) is 0 Å². The van der Waals surface area contributed by atoms with E-state index in [1.54, 1.807) is 0 Å². The molecular weight excluding hydrogens is 312 g/mol. The molecule has 0 nitrogen and oxygen atoms in total. The first kappa shape index (κ1) is 16.6. The second-order valence-electron chi connectivity index (χ2n) is 7.25. The number of rotatable bonds is 3. The summed E-state index contributed by atoms with van der Waals surface area (Å²) >= 11 is 0. The van der Waals surface area contributed by atoms with Crippen LogP contribution in [0.2, 0.25) is 0 Å². The molecule has 0 spiro atoms. The Morgan fingerprint density at radius 1 is 0.808 bits per heavy atom. The summed E-state index contributed by atoms with van der Waals surface area (Å²) in [6.45, 7) is 8.46. The number of allylic oxidation sites excluding steroid dienone is 5. The number of hydrogen-bond donors (Lipinski definition) is 0. The summed E-state index contributed by atoms with van der Waals surface area (Å²) in [7, 11) is 0. The number of hydrogen-bond acceptors (Lipinski definition) is 0. The van der Waals surface area contributed by atoms with E-state index in [1.807, 2.05) is 0 Å². The summed E-state index contributed by atoms with van der Waals surface area (Å²) in [6, 6.07) is 24.1. The van der Waals surface area contributed by atoms with Gasteiger partial charge >= 0.3 is 0 Å². The van der Waals surface area contributed by atoms with Gasteiger partial charge in [0, 0.05) is 0 Å². The molecule has 128 valence electrons. The molecule has 0 N–H and O–H groups in total. The summed E-state index contributed by atoms with van der Waals surface area (Å²) in [6.07, 6.45) is 4.56. The molecule has 3 aromatic rings. The molecule has 0 aliphatic heterocycles. The van der Waals surface area contributed by atoms with Crippen molar-refractivity contribution in [3.63, 3.8) is 0 Å². The average Bonchev–Trinajstić information content (AvgIpc) is 2.68. The fraction of sp³-hybridized carbons (Fsp3) is 0.154. The Bertz CT molecular complexity index is 1040. The van der Waals surface area contributed by atoms with Gasteiger partial charge in [-0.15, -0.1) is 0 Å². The first-order valence-corrected chi connectivity index (χ1v) is 9.28. The molecule has 3 aromatic carbocycles. The monoisotopic (exact) mass is 336 g/mol. The third kappa shape index (κ3) is 3.04. The molecule has 26 heavy (non-hydrogen) atoms. The zero-order valence-electron chi connectivity index (χ0n) is 15.5. The molecule has 0 atom stereocenters. The Hall–Kier alpha value is -2.86. The fourth-order valence-electron chi connectivity index (χ4n) is 3.88. The van der Waals surface area contributed by atoms with Crippen molar-refractivity contribution in [2.24, 2.45) is 0 Å². The maximum Gasteiger partial charge on any atom is -0.0105 e. The molecule has 0 unspecified atom stereocenters. The smallest absolute Gasteiger partial charge is 0.0105 e. The molecule has 0 heteroatoms. The molecule has 0 heterocycles. The van der Waals surface area contributed by atoms with Crippen molar-refractivity contribution in [1.29, 1.82) is 0 Å². The highest BCUT2D eigenvalue weighted by Gasteiger charge is 2.13. The second kappa shape index (κ2) is 6.80. The van der Waals surface area contributed by atoms with Gasteiger partial charge < -0.3 is 0 Å². The van der Waals surface area contributed by atoms with E-state index in [2.05, 4.69) is 93.2 Å². The summed E-state index contributed by atoms with van der Waals surface area (Å²) in [4.78, 5) is 0. The maximum absolute atomic E-state index is 4.14. The minimum absolute atomic E-state index is 1.11. The third-order valence-corrected chi connectivity index (χ3v) is 5.36. The van der Waals surface area contributed by atoms with E-state index < -0.39 is 0 Å². The van der Waals surface area contributed by atoms with Crippen molar-refractivity contribution in [3.05, 3.63) is 102 Å². The van der Waals surface area contributed by atoms with Crippen LogP contribution in [0.4, 0.5) is 0 Å². The highest BCUT2D eigenvalue weighted by molar-refractivity contribution is 5.96. The molecule has 0 fully saturated rings. The maximum atomic E-state index is 4.14. The average molecular weight is 336 g/mol. The molecule has 0 amide bonds. The summed E-state index contributed by atoms with van der Waals surface area (Å²) in [5, 5.41) is 2.60. The summed E-state index contributed by atoms with van der Waals surface area (Å²) < 4.78 is 0. The Morgan fingerprint density at radius 2 is 1.50 bits per heavy atom. The van der Waals surface area contributed by atoms with Crippen molar-refractivity contribution < 1.29 is 0 Å². The van der Waals surface area contributed by atoms with Crippen molar-refractivity contribution in [3.8, 4) is 11.1 Å². The second-order valence-corrected chi connectivity index (χ2v) is 7.25. The lowest BCUT2D eigenvalue weighted by Gasteiger charge is -2.19. The predicted octanol–water partition coefficient (Wildman–Crippen LogP) is 7.58. The zero-order chi connectivity index (χ0) is 18.1. The van der Waals surface area contributed by atoms with Crippen LogP contribution in [0.3, 0.4) is 0 Å². The van der Waals surface area contributed by atoms with E-state index in [0.29, 0.717) is 0 Å². The Kier molecular flexibility index (Phi) is 4.34. The molecule has 0 saturated heterocycles. The van der Waals surface area contributed by atoms with E-state index in [-0.39, 0.29) is 0 Å². The Balaban J connectivity index is 1.72. The number of benzene rings is 3. The van der Waals surface area contributed by atoms with Gasteiger partial charge in [0.25, 0.3) is 0 Å². The number of fused-ring (bicyclic) bond motifs is 1. The molecule has 0 saturated carbocycles. The summed E-state index contributed by atoms with van der Waals surface area (Å²) in [5.74, 6) is 0. The van der Waals surface area contributed by atoms with E-state index >= 15 is 0 Å². The van der Waals surface area contributed by atoms with Crippen molar-refractivity contribution in [2.45, 2.75) is 26.7 Å². The Morgan fingerprint density at radius 3 is 2.27 bits per heavy atom. The van der Waals surface area contributed by atoms with Crippen LogP contribution >= 0.6 is 0 Å².